The molecule has 2 aromatic carbocycles. The number of piperidine rings is 4. The number of anilines is 2. The lowest BCUT2D eigenvalue weighted by Crippen LogP contribution is -2.56. The van der Waals surface area contributed by atoms with Crippen molar-refractivity contribution in [1.29, 1.82) is 0 Å². The normalized spacial score (nSPS) is 24.3. The molecular formula is C62H90F4N8O7. The molecular weight excluding hydrogens is 1040 g/mol. The van der Waals surface area contributed by atoms with E-state index in [2.05, 4.69) is 38.8 Å². The topological polar surface area (TPSA) is 161 Å². The van der Waals surface area contributed by atoms with Crippen LogP contribution in [0, 0.1) is 35.1 Å². The second-order valence-electron chi connectivity index (χ2n) is 25.0. The summed E-state index contributed by atoms with van der Waals surface area (Å²) in [6.45, 7) is 12.4. The van der Waals surface area contributed by atoms with Crippen LogP contribution in [0.4, 0.5) is 38.5 Å². The molecule has 81 heavy (non-hydrogen) atoms. The number of nitrogens with two attached hydrogens (primary N) is 1. The molecule has 448 valence electrons. The molecule has 2 saturated carbocycles. The first-order chi connectivity index (χ1) is 39.0. The number of unbranched alkanes of at least 4 members (excludes halogenated alkanes) is 2. The van der Waals surface area contributed by atoms with Crippen LogP contribution in [0.1, 0.15) is 196 Å². The third-order valence-corrected chi connectivity index (χ3v) is 19.7. The summed E-state index contributed by atoms with van der Waals surface area (Å²) in [5, 5.41) is 2.35. The molecule has 8 fully saturated rings. The maximum Gasteiger partial charge on any atom is 0.410 e. The van der Waals surface area contributed by atoms with Crippen LogP contribution in [0.25, 0.3) is 0 Å². The van der Waals surface area contributed by atoms with Gasteiger partial charge in [-0.15, -0.1) is 0 Å². The van der Waals surface area contributed by atoms with E-state index in [1.807, 2.05) is 0 Å². The number of nitrogens with zero attached hydrogens (tertiary/aromatic N) is 6. The number of nitrogens with one attached hydrogen (secondary N) is 1. The fourth-order valence-electron chi connectivity index (χ4n) is 15.2. The molecule has 15 nitrogen and oxygen atoms in total. The number of nitrogen functional groups attached to an aromatic ring is 1. The average Bonchev–Trinajstić information content (AvgIpc) is 4.11. The fraction of sp³-hybridized carbons (Fsp3) is 0.726. The monoisotopic (exact) mass is 1130 g/mol. The molecule has 6 saturated heterocycles. The van der Waals surface area contributed by atoms with Crippen LogP contribution < -0.4 is 11.1 Å². The van der Waals surface area contributed by atoms with Gasteiger partial charge in [-0.3, -0.25) is 24.2 Å². The van der Waals surface area contributed by atoms with Crippen LogP contribution in [0.15, 0.2) is 24.3 Å². The van der Waals surface area contributed by atoms with Gasteiger partial charge in [0.25, 0.3) is 11.8 Å². The molecule has 10 rings (SSSR count). The predicted octanol–water partition coefficient (Wildman–Crippen LogP) is 11.5. The first-order valence-corrected chi connectivity index (χ1v) is 31.1. The average molecular weight is 1140 g/mol. The third-order valence-electron chi connectivity index (χ3n) is 19.7. The Hall–Kier alpha value is -5.17. The lowest BCUT2D eigenvalue weighted by Gasteiger charge is -2.46. The summed E-state index contributed by atoms with van der Waals surface area (Å²) >= 11 is 0. The van der Waals surface area contributed by atoms with Crippen LogP contribution in [0.3, 0.4) is 0 Å². The van der Waals surface area contributed by atoms with Gasteiger partial charge in [-0.2, -0.15) is 0 Å². The summed E-state index contributed by atoms with van der Waals surface area (Å²) in [6, 6.07) is 4.80. The zero-order chi connectivity index (χ0) is 57.4. The number of halogens is 4. The van der Waals surface area contributed by atoms with Crippen molar-refractivity contribution in [2.75, 3.05) is 76.5 Å². The zero-order valence-corrected chi connectivity index (χ0v) is 48.4. The number of ether oxygens (including phenoxy) is 2. The summed E-state index contributed by atoms with van der Waals surface area (Å²) in [5.41, 5.74) is 3.51. The minimum absolute atomic E-state index is 0.0161. The van der Waals surface area contributed by atoms with E-state index >= 15 is 0 Å². The van der Waals surface area contributed by atoms with Crippen LogP contribution in [0.5, 0.6) is 0 Å². The third kappa shape index (κ3) is 13.9. The lowest BCUT2D eigenvalue weighted by molar-refractivity contribution is -0.114. The number of benzene rings is 2. The Morgan fingerprint density at radius 2 is 0.914 bits per heavy atom. The van der Waals surface area contributed by atoms with E-state index in [-0.39, 0.29) is 41.7 Å². The molecule has 2 spiro atoms. The van der Waals surface area contributed by atoms with E-state index in [0.717, 1.165) is 153 Å². The van der Waals surface area contributed by atoms with Gasteiger partial charge >= 0.3 is 12.2 Å². The number of hydrogen-bond acceptors (Lipinski definition) is 10. The van der Waals surface area contributed by atoms with Gasteiger partial charge in [0.15, 0.2) is 0 Å². The maximum absolute atomic E-state index is 14.7. The molecule has 0 aromatic heterocycles. The highest BCUT2D eigenvalue weighted by Gasteiger charge is 2.57. The molecule has 19 heteroatoms. The number of hydrogen-bond donors (Lipinski definition) is 2. The van der Waals surface area contributed by atoms with Gasteiger partial charge in [0.05, 0.1) is 12.1 Å². The Labute approximate surface area is 477 Å². The van der Waals surface area contributed by atoms with Crippen LogP contribution >= 0.6 is 0 Å². The quantitative estimate of drug-likeness (QED) is 0.130. The Morgan fingerprint density at radius 3 is 1.26 bits per heavy atom. The summed E-state index contributed by atoms with van der Waals surface area (Å²) in [7, 11) is 0. The minimum Gasteiger partial charge on any atom is -0.440 e. The highest BCUT2D eigenvalue weighted by Crippen LogP contribution is 2.45. The fourth-order valence-corrected chi connectivity index (χ4v) is 15.2. The second-order valence-corrected chi connectivity index (χ2v) is 25.0. The molecule has 8 aliphatic rings. The van der Waals surface area contributed by atoms with Gasteiger partial charge in [-0.25, -0.2) is 27.2 Å². The molecule has 3 N–H and O–H groups in total. The minimum atomic E-state index is -0.978. The predicted molar refractivity (Wildman–Crippen MR) is 303 cm³/mol. The van der Waals surface area contributed by atoms with Crippen molar-refractivity contribution in [2.45, 2.75) is 210 Å². The van der Waals surface area contributed by atoms with Crippen molar-refractivity contribution < 1.29 is 51.0 Å². The summed E-state index contributed by atoms with van der Waals surface area (Å²) in [6.07, 6.45) is 24.8. The standard InChI is InChI=1S/C32H46F2N4O4.C30H44F2N4O3/c1-3-4-10-28-32(42-31(41)38(28)21-23-8-6-5-7-9-23)13-17-36(18-14-32)25-11-15-37(16-12-25)30(40)29-26(33)19-24(20-27(29)34)35-22(2)39;1-2-3-9-26-30(39-29(38)36(26)20-21-7-5-4-6-8-21)12-16-34(17-13-30)23-10-14-35(15-11-23)28(37)27-24(31)18-22(33)19-25(27)32/h19-20,23,25,28H,3-18,21H2,1-2H3,(H,35,39);18-19,21,23,26H,2-17,20,33H2,1H3. The highest BCUT2D eigenvalue weighted by molar-refractivity contribution is 5.96. The van der Waals surface area contributed by atoms with Gasteiger partial charge < -0.3 is 40.1 Å². The van der Waals surface area contributed by atoms with Gasteiger partial charge in [0.2, 0.25) is 5.91 Å². The van der Waals surface area contributed by atoms with Crippen molar-refractivity contribution in [3.8, 4) is 0 Å². The van der Waals surface area contributed by atoms with Crippen molar-refractivity contribution in [1.82, 2.24) is 29.4 Å². The van der Waals surface area contributed by atoms with E-state index in [0.29, 0.717) is 44.1 Å². The Balaban J connectivity index is 0.000000196. The number of rotatable bonds is 15. The summed E-state index contributed by atoms with van der Waals surface area (Å²) < 4.78 is 70.5. The highest BCUT2D eigenvalue weighted by atomic mass is 19.1. The molecule has 2 aliphatic carbocycles. The SMILES string of the molecule is CCCCC1N(CC2CCCCC2)C(=O)OC12CCN(C1CCN(C(=O)c3c(F)cc(N)cc3F)CC1)CC2.CCCCC1N(CC2CCCCC2)C(=O)OC12CCN(C1CCN(C(=O)c3c(F)cc(NC(C)=O)cc3F)CC1)CC2. The second kappa shape index (κ2) is 27.0. The van der Waals surface area contributed by atoms with Crippen LogP contribution in [-0.2, 0) is 14.3 Å². The van der Waals surface area contributed by atoms with Crippen molar-refractivity contribution in [2.24, 2.45) is 11.8 Å². The molecule has 2 atom stereocenters. The maximum atomic E-state index is 14.7. The van der Waals surface area contributed by atoms with E-state index in [4.69, 9.17) is 15.2 Å². The van der Waals surface area contributed by atoms with E-state index in [1.54, 1.807) is 4.90 Å². The molecule has 5 amide bonds. The molecule has 6 heterocycles. The van der Waals surface area contributed by atoms with E-state index in [1.165, 1.54) is 76.0 Å². The van der Waals surface area contributed by atoms with E-state index in [9.17, 15) is 41.5 Å². The first-order valence-electron chi connectivity index (χ1n) is 31.1. The molecule has 2 unspecified atom stereocenters. The lowest BCUT2D eigenvalue weighted by atomic mass is 9.80. The smallest absolute Gasteiger partial charge is 0.410 e. The Kier molecular flexibility index (Phi) is 20.2. The van der Waals surface area contributed by atoms with Crippen molar-refractivity contribution in [3.63, 3.8) is 0 Å². The van der Waals surface area contributed by atoms with Crippen LogP contribution in [0.2, 0.25) is 0 Å². The number of amides is 5. The molecule has 0 radical (unpaired) electrons. The Bertz CT molecular complexity index is 2470. The Morgan fingerprint density at radius 1 is 0.556 bits per heavy atom. The first kappa shape index (κ1) is 60.4. The van der Waals surface area contributed by atoms with Crippen molar-refractivity contribution >= 4 is 41.3 Å². The van der Waals surface area contributed by atoms with Gasteiger partial charge in [-0.05, 0) is 100 Å². The number of carbonyl (C=O) groups excluding carboxylic acids is 5. The van der Waals surface area contributed by atoms with E-state index < -0.39 is 63.3 Å². The molecule has 2 aromatic rings. The molecule has 6 aliphatic heterocycles. The summed E-state index contributed by atoms with van der Waals surface area (Å²) in [4.78, 5) is 75.6. The van der Waals surface area contributed by atoms with Crippen molar-refractivity contribution in [3.05, 3.63) is 58.7 Å². The molecule has 0 bridgehead atoms. The summed E-state index contributed by atoms with van der Waals surface area (Å²) in [5.74, 6) is -4.34. The largest absolute Gasteiger partial charge is 0.440 e. The zero-order valence-electron chi connectivity index (χ0n) is 48.4. The van der Waals surface area contributed by atoms with Gasteiger partial charge in [0.1, 0.15) is 45.6 Å². The van der Waals surface area contributed by atoms with Gasteiger partial charge in [0, 0.05) is 122 Å². The van der Waals surface area contributed by atoms with Gasteiger partial charge in [-0.1, -0.05) is 78.1 Å². The number of carbonyl (C=O) groups is 5. The van der Waals surface area contributed by atoms with Crippen LogP contribution in [-0.4, -0.2) is 160 Å². The number of likely N-dealkylation sites (tertiary alicyclic amines) is 4.